The van der Waals surface area contributed by atoms with Gasteiger partial charge in [-0.25, -0.2) is 9.78 Å². The van der Waals surface area contributed by atoms with Gasteiger partial charge < -0.3 is 18.8 Å². The molecule has 7 heteroatoms. The van der Waals surface area contributed by atoms with Gasteiger partial charge >= 0.3 is 6.09 Å². The Balaban J connectivity index is 1.43. The SMILES string of the molecule is C=CC(=O)[C@@H]1CN(C(=O)OC(C)(C)C)C[C@H]1c1cccc(OCCc2nc(-c3ccccc3)oc2C)c1. The molecule has 0 aliphatic carbocycles. The van der Waals surface area contributed by atoms with Crippen molar-refractivity contribution in [1.29, 1.82) is 0 Å². The summed E-state index contributed by atoms with van der Waals surface area (Å²) in [5, 5.41) is 0. The standard InChI is InChI=1S/C30H34N2O5/c1-6-27(33)25-19-32(29(34)37-30(3,4)5)18-24(25)22-13-10-14-23(17-22)35-16-15-26-20(2)36-28(31-26)21-11-8-7-9-12-21/h6-14,17,24-25H,1,15-16,18-19H2,2-5H3/t24-,25+/m0/s1. The summed E-state index contributed by atoms with van der Waals surface area (Å²) in [6.45, 7) is 12.2. The first kappa shape index (κ1) is 26.2. The zero-order valence-electron chi connectivity index (χ0n) is 21.9. The Hall–Kier alpha value is -3.87. The summed E-state index contributed by atoms with van der Waals surface area (Å²) in [6.07, 6.45) is 1.52. The molecule has 1 amide bonds. The van der Waals surface area contributed by atoms with Gasteiger partial charge in [0, 0.05) is 36.9 Å². The van der Waals surface area contributed by atoms with Crippen molar-refractivity contribution >= 4 is 11.9 Å². The molecule has 2 heterocycles. The minimum Gasteiger partial charge on any atom is -0.493 e. The van der Waals surface area contributed by atoms with Gasteiger partial charge in [-0.2, -0.15) is 0 Å². The summed E-state index contributed by atoms with van der Waals surface area (Å²) in [7, 11) is 0. The number of hydrogen-bond donors (Lipinski definition) is 0. The Morgan fingerprint density at radius 2 is 1.89 bits per heavy atom. The average molecular weight is 503 g/mol. The summed E-state index contributed by atoms with van der Waals surface area (Å²) in [5.41, 5.74) is 2.12. The van der Waals surface area contributed by atoms with Gasteiger partial charge in [-0.1, -0.05) is 36.9 Å². The molecule has 0 spiro atoms. The number of oxazole rings is 1. The third kappa shape index (κ3) is 6.47. The van der Waals surface area contributed by atoms with E-state index < -0.39 is 11.7 Å². The van der Waals surface area contributed by atoms with Crippen LogP contribution in [0, 0.1) is 12.8 Å². The largest absolute Gasteiger partial charge is 0.493 e. The van der Waals surface area contributed by atoms with E-state index in [4.69, 9.17) is 13.9 Å². The van der Waals surface area contributed by atoms with E-state index in [-0.39, 0.29) is 17.6 Å². The lowest BCUT2D eigenvalue weighted by Crippen LogP contribution is -2.35. The molecular weight excluding hydrogens is 468 g/mol. The van der Waals surface area contributed by atoms with Gasteiger partial charge in [-0.15, -0.1) is 0 Å². The number of hydrogen-bond acceptors (Lipinski definition) is 6. The highest BCUT2D eigenvalue weighted by Gasteiger charge is 2.40. The van der Waals surface area contributed by atoms with Crippen molar-refractivity contribution in [1.82, 2.24) is 9.88 Å². The smallest absolute Gasteiger partial charge is 0.410 e. The summed E-state index contributed by atoms with van der Waals surface area (Å²) in [4.78, 5) is 31.6. The number of carbonyl (C=O) groups excluding carboxylic acids is 2. The van der Waals surface area contributed by atoms with Crippen LogP contribution in [0.1, 0.15) is 43.7 Å². The number of likely N-dealkylation sites (tertiary alicyclic amines) is 1. The molecular formula is C30H34N2O5. The lowest BCUT2D eigenvalue weighted by atomic mass is 9.86. The van der Waals surface area contributed by atoms with Gasteiger partial charge in [0.2, 0.25) is 5.89 Å². The van der Waals surface area contributed by atoms with Crippen molar-refractivity contribution in [3.05, 3.63) is 84.3 Å². The van der Waals surface area contributed by atoms with E-state index in [1.54, 1.807) is 4.90 Å². The molecule has 194 valence electrons. The van der Waals surface area contributed by atoms with Gasteiger partial charge in [0.05, 0.1) is 12.3 Å². The molecule has 0 saturated carbocycles. The fourth-order valence-electron chi connectivity index (χ4n) is 4.52. The second kappa shape index (κ2) is 11.0. The number of allylic oxidation sites excluding steroid dienone is 1. The van der Waals surface area contributed by atoms with Crippen LogP contribution in [0.15, 0.2) is 71.7 Å². The quantitative estimate of drug-likeness (QED) is 0.353. The molecule has 37 heavy (non-hydrogen) atoms. The Labute approximate surface area is 218 Å². The Bertz CT molecular complexity index is 1260. The summed E-state index contributed by atoms with van der Waals surface area (Å²) in [6, 6.07) is 17.5. The molecule has 0 radical (unpaired) electrons. The fourth-order valence-corrected chi connectivity index (χ4v) is 4.52. The predicted molar refractivity (Wildman–Crippen MR) is 142 cm³/mol. The van der Waals surface area contributed by atoms with Crippen LogP contribution >= 0.6 is 0 Å². The molecule has 1 aromatic heterocycles. The van der Waals surface area contributed by atoms with Crippen molar-refractivity contribution in [2.45, 2.75) is 45.6 Å². The van der Waals surface area contributed by atoms with Crippen molar-refractivity contribution in [2.75, 3.05) is 19.7 Å². The van der Waals surface area contributed by atoms with Gasteiger partial charge in [0.15, 0.2) is 5.78 Å². The van der Waals surface area contributed by atoms with Crippen LogP contribution in [0.3, 0.4) is 0 Å². The zero-order valence-corrected chi connectivity index (χ0v) is 21.9. The Morgan fingerprint density at radius 1 is 1.14 bits per heavy atom. The lowest BCUT2D eigenvalue weighted by molar-refractivity contribution is -0.118. The van der Waals surface area contributed by atoms with Crippen LogP contribution in [0.2, 0.25) is 0 Å². The molecule has 0 bridgehead atoms. The minimum absolute atomic E-state index is 0.0851. The topological polar surface area (TPSA) is 81.9 Å². The summed E-state index contributed by atoms with van der Waals surface area (Å²) in [5.74, 6) is 1.43. The van der Waals surface area contributed by atoms with E-state index >= 15 is 0 Å². The molecule has 0 unspecified atom stereocenters. The Kier molecular flexibility index (Phi) is 7.81. The second-order valence-corrected chi connectivity index (χ2v) is 10.3. The molecule has 7 nitrogen and oxygen atoms in total. The third-order valence-electron chi connectivity index (χ3n) is 6.35. The van der Waals surface area contributed by atoms with Crippen molar-refractivity contribution in [2.24, 2.45) is 5.92 Å². The van der Waals surface area contributed by atoms with E-state index in [1.165, 1.54) is 6.08 Å². The molecule has 1 aliphatic rings. The molecule has 0 N–H and O–H groups in total. The van der Waals surface area contributed by atoms with Crippen molar-refractivity contribution in [3.8, 4) is 17.2 Å². The average Bonchev–Trinajstić information content (AvgIpc) is 3.48. The first-order chi connectivity index (χ1) is 17.6. The van der Waals surface area contributed by atoms with Crippen LogP contribution < -0.4 is 4.74 Å². The molecule has 2 atom stereocenters. The van der Waals surface area contributed by atoms with Crippen LogP contribution in [-0.2, 0) is 16.0 Å². The highest BCUT2D eigenvalue weighted by Crippen LogP contribution is 2.36. The first-order valence-corrected chi connectivity index (χ1v) is 12.5. The maximum atomic E-state index is 12.7. The highest BCUT2D eigenvalue weighted by molar-refractivity contribution is 5.93. The number of benzene rings is 2. The fraction of sp³-hybridized carbons (Fsp3) is 0.367. The summed E-state index contributed by atoms with van der Waals surface area (Å²) >= 11 is 0. The number of ketones is 1. The zero-order chi connectivity index (χ0) is 26.6. The second-order valence-electron chi connectivity index (χ2n) is 10.3. The lowest BCUT2D eigenvalue weighted by Gasteiger charge is -2.24. The number of amides is 1. The number of aromatic nitrogens is 1. The number of rotatable bonds is 8. The van der Waals surface area contributed by atoms with Crippen molar-refractivity contribution in [3.63, 3.8) is 0 Å². The molecule has 4 rings (SSSR count). The molecule has 2 aromatic carbocycles. The molecule has 1 aliphatic heterocycles. The van der Waals surface area contributed by atoms with E-state index in [2.05, 4.69) is 11.6 Å². The normalized spacial score (nSPS) is 17.5. The van der Waals surface area contributed by atoms with E-state index in [1.807, 2.05) is 82.3 Å². The maximum absolute atomic E-state index is 12.7. The highest BCUT2D eigenvalue weighted by atomic mass is 16.6. The van der Waals surface area contributed by atoms with Crippen molar-refractivity contribution < 1.29 is 23.5 Å². The molecule has 1 fully saturated rings. The summed E-state index contributed by atoms with van der Waals surface area (Å²) < 4.78 is 17.4. The first-order valence-electron chi connectivity index (χ1n) is 12.5. The van der Waals surface area contributed by atoms with E-state index in [9.17, 15) is 9.59 Å². The third-order valence-corrected chi connectivity index (χ3v) is 6.35. The van der Waals surface area contributed by atoms with Crippen LogP contribution in [0.4, 0.5) is 4.79 Å². The van der Waals surface area contributed by atoms with Crippen LogP contribution in [-0.4, -0.2) is 47.1 Å². The minimum atomic E-state index is -0.606. The number of carbonyl (C=O) groups is 2. The van der Waals surface area contributed by atoms with E-state index in [0.29, 0.717) is 37.8 Å². The van der Waals surface area contributed by atoms with Gasteiger partial charge in [-0.3, -0.25) is 4.79 Å². The number of aryl methyl sites for hydroxylation is 1. The molecule has 3 aromatic rings. The maximum Gasteiger partial charge on any atom is 0.410 e. The van der Waals surface area contributed by atoms with Crippen LogP contribution in [0.25, 0.3) is 11.5 Å². The number of ether oxygens (including phenoxy) is 2. The van der Waals surface area contributed by atoms with Gasteiger partial charge in [0.25, 0.3) is 0 Å². The molecule has 1 saturated heterocycles. The van der Waals surface area contributed by atoms with Crippen LogP contribution in [0.5, 0.6) is 5.75 Å². The van der Waals surface area contributed by atoms with Gasteiger partial charge in [-0.05, 0) is 63.6 Å². The monoisotopic (exact) mass is 502 g/mol. The Morgan fingerprint density at radius 3 is 2.59 bits per heavy atom. The number of nitrogens with zero attached hydrogens (tertiary/aromatic N) is 2. The predicted octanol–water partition coefficient (Wildman–Crippen LogP) is 5.98. The van der Waals surface area contributed by atoms with E-state index in [0.717, 1.165) is 22.6 Å². The van der Waals surface area contributed by atoms with Gasteiger partial charge in [0.1, 0.15) is 17.1 Å².